The van der Waals surface area contributed by atoms with Crippen molar-refractivity contribution in [1.29, 1.82) is 0 Å². The van der Waals surface area contributed by atoms with Crippen LogP contribution in [0.15, 0.2) is 24.5 Å². The standard InChI is InChI=1S/2C8H8ClNO3/c2*1-13-4-5-2-6(9)3-10-7(5)8(11)12/h2*2-3H,4H2,1H3,(H,11,12)/i2*1D3. The minimum Gasteiger partial charge on any atom is -0.477 e. The molecule has 2 heterocycles. The van der Waals surface area contributed by atoms with Gasteiger partial charge in [-0.25, -0.2) is 19.6 Å². The number of nitrogens with zero attached hydrogens (tertiary/aromatic N) is 2. The van der Waals surface area contributed by atoms with E-state index >= 15 is 0 Å². The summed E-state index contributed by atoms with van der Waals surface area (Å²) in [5.74, 6) is -2.53. The van der Waals surface area contributed by atoms with Gasteiger partial charge in [0.1, 0.15) is 0 Å². The zero-order valence-corrected chi connectivity index (χ0v) is 14.4. The van der Waals surface area contributed by atoms with Crippen molar-refractivity contribution in [3.05, 3.63) is 57.1 Å². The molecule has 0 saturated carbocycles. The van der Waals surface area contributed by atoms with Gasteiger partial charge < -0.3 is 19.7 Å². The van der Waals surface area contributed by atoms with Gasteiger partial charge in [-0.2, -0.15) is 0 Å². The molecule has 0 amide bonds. The Bertz CT molecular complexity index is 894. The average molecular weight is 409 g/mol. The van der Waals surface area contributed by atoms with Gasteiger partial charge in [-0.3, -0.25) is 0 Å². The zero-order valence-electron chi connectivity index (χ0n) is 18.9. The molecule has 26 heavy (non-hydrogen) atoms. The van der Waals surface area contributed by atoms with Gasteiger partial charge in [0, 0.05) is 37.6 Å². The van der Waals surface area contributed by atoms with Crippen molar-refractivity contribution in [3.63, 3.8) is 0 Å². The number of rotatable bonds is 6. The molecule has 2 rings (SSSR count). The fourth-order valence-electron chi connectivity index (χ4n) is 1.72. The van der Waals surface area contributed by atoms with Gasteiger partial charge in [0.15, 0.2) is 11.4 Å². The fourth-order valence-corrected chi connectivity index (χ4v) is 2.08. The summed E-state index contributed by atoms with van der Waals surface area (Å²) in [5.41, 5.74) is -0.297. The predicted molar refractivity (Wildman–Crippen MR) is 93.8 cm³/mol. The van der Waals surface area contributed by atoms with Crippen LogP contribution in [0.25, 0.3) is 0 Å². The Morgan fingerprint density at radius 1 is 0.962 bits per heavy atom. The van der Waals surface area contributed by atoms with Gasteiger partial charge in [-0.05, 0) is 12.1 Å². The first-order chi connectivity index (χ1) is 14.6. The fraction of sp³-hybridized carbons (Fsp3) is 0.250. The minimum atomic E-state index is -2.59. The maximum Gasteiger partial charge on any atom is 0.354 e. The summed E-state index contributed by atoms with van der Waals surface area (Å²) in [6.45, 7) is -0.766. The lowest BCUT2D eigenvalue weighted by Gasteiger charge is -2.03. The average Bonchev–Trinajstić information content (AvgIpc) is 2.63. The van der Waals surface area contributed by atoms with Crippen LogP contribution in [0.5, 0.6) is 0 Å². The summed E-state index contributed by atoms with van der Waals surface area (Å²) in [6, 6.07) is 2.62. The second-order valence-electron chi connectivity index (χ2n) is 4.51. The summed E-state index contributed by atoms with van der Waals surface area (Å²) in [5, 5.41) is 18.0. The SMILES string of the molecule is [2H]C([2H])([2H])OCc1cc(Cl)cnc1C(=O)O.[2H]C([2H])([2H])OCc1cc(Cl)cnc1C(=O)O. The van der Waals surface area contributed by atoms with E-state index in [1.54, 1.807) is 0 Å². The van der Waals surface area contributed by atoms with Crippen LogP contribution in [0.3, 0.4) is 0 Å². The second-order valence-corrected chi connectivity index (χ2v) is 5.38. The number of methoxy groups -OCH3 is 2. The van der Waals surface area contributed by atoms with Crippen molar-refractivity contribution in [2.75, 3.05) is 14.1 Å². The number of ether oxygens (including phenoxy) is 2. The van der Waals surface area contributed by atoms with E-state index in [-0.39, 0.29) is 45.8 Å². The van der Waals surface area contributed by atoms with E-state index in [4.69, 9.17) is 41.6 Å². The van der Waals surface area contributed by atoms with E-state index in [0.717, 1.165) is 0 Å². The molecule has 0 unspecified atom stereocenters. The molecule has 2 N–H and O–H groups in total. The molecule has 2 aromatic heterocycles. The molecular weight excluding hydrogens is 387 g/mol. The molecule has 0 bridgehead atoms. The quantitative estimate of drug-likeness (QED) is 0.747. The highest BCUT2D eigenvalue weighted by atomic mass is 35.5. The molecule has 0 radical (unpaired) electrons. The molecule has 10 heteroatoms. The van der Waals surface area contributed by atoms with Crippen molar-refractivity contribution in [1.82, 2.24) is 9.97 Å². The Morgan fingerprint density at radius 2 is 1.35 bits per heavy atom. The molecule has 8 nitrogen and oxygen atoms in total. The zero-order chi connectivity index (χ0) is 24.7. The molecule has 0 atom stereocenters. The maximum absolute atomic E-state index is 10.8. The Balaban J connectivity index is 0.000000320. The van der Waals surface area contributed by atoms with Crippen LogP contribution in [-0.2, 0) is 22.7 Å². The highest BCUT2D eigenvalue weighted by molar-refractivity contribution is 6.30. The number of carboxylic acids is 2. The maximum atomic E-state index is 10.8. The number of carboxylic acid groups (broad SMARTS) is 2. The first kappa shape index (κ1) is 13.9. The lowest BCUT2D eigenvalue weighted by molar-refractivity contribution is 0.0674. The Kier molecular flexibility index (Phi) is 5.70. The number of aromatic nitrogens is 2. The number of hydrogen-bond acceptors (Lipinski definition) is 6. The van der Waals surface area contributed by atoms with E-state index in [1.165, 1.54) is 24.5 Å². The monoisotopic (exact) mass is 408 g/mol. The predicted octanol–water partition coefficient (Wildman–Crippen LogP) is 3.16. The molecule has 0 aromatic carbocycles. The minimum absolute atomic E-state index is 0.121. The topological polar surface area (TPSA) is 119 Å². The van der Waals surface area contributed by atoms with E-state index in [0.29, 0.717) is 0 Å². The first-order valence-electron chi connectivity index (χ1n) is 9.62. The van der Waals surface area contributed by atoms with E-state index in [2.05, 4.69) is 19.4 Å². The molecule has 0 saturated heterocycles. The van der Waals surface area contributed by atoms with Crippen LogP contribution in [0.1, 0.15) is 40.3 Å². The normalized spacial score (nSPS) is 14.4. The van der Waals surface area contributed by atoms with Crippen LogP contribution in [-0.4, -0.2) is 46.2 Å². The molecule has 140 valence electrons. The molecule has 0 spiro atoms. The van der Waals surface area contributed by atoms with Gasteiger partial charge in [-0.15, -0.1) is 0 Å². The summed E-state index contributed by atoms with van der Waals surface area (Å²) in [7, 11) is -5.17. The lowest BCUT2D eigenvalue weighted by Crippen LogP contribution is -2.06. The van der Waals surface area contributed by atoms with Crippen LogP contribution in [0.2, 0.25) is 10.0 Å². The first-order valence-corrected chi connectivity index (χ1v) is 7.38. The summed E-state index contributed by atoms with van der Waals surface area (Å²) in [4.78, 5) is 28.7. The third kappa shape index (κ3) is 6.57. The summed E-state index contributed by atoms with van der Waals surface area (Å²) < 4.78 is 49.9. The van der Waals surface area contributed by atoms with Crippen LogP contribution >= 0.6 is 23.2 Å². The number of pyridine rings is 2. The molecule has 2 aromatic rings. The molecule has 0 aliphatic rings. The largest absolute Gasteiger partial charge is 0.477 e. The number of aromatic carboxylic acids is 2. The van der Waals surface area contributed by atoms with E-state index < -0.39 is 26.0 Å². The number of hydrogen-bond donors (Lipinski definition) is 2. The van der Waals surface area contributed by atoms with Crippen molar-refractivity contribution in [2.24, 2.45) is 0 Å². The van der Waals surface area contributed by atoms with Gasteiger partial charge in [0.05, 0.1) is 31.5 Å². The second kappa shape index (κ2) is 10.7. The molecular formula is C16H16Cl2N2O6. The van der Waals surface area contributed by atoms with E-state index in [9.17, 15) is 9.59 Å². The highest BCUT2D eigenvalue weighted by Gasteiger charge is 2.12. The van der Waals surface area contributed by atoms with Gasteiger partial charge in [-0.1, -0.05) is 23.2 Å². The van der Waals surface area contributed by atoms with Crippen LogP contribution < -0.4 is 0 Å². The summed E-state index contributed by atoms with van der Waals surface area (Å²) >= 11 is 11.2. The highest BCUT2D eigenvalue weighted by Crippen LogP contribution is 2.15. The van der Waals surface area contributed by atoms with Crippen molar-refractivity contribution >= 4 is 35.1 Å². The Morgan fingerprint density at radius 3 is 1.65 bits per heavy atom. The molecule has 0 aliphatic heterocycles. The third-order valence-electron chi connectivity index (χ3n) is 2.73. The smallest absolute Gasteiger partial charge is 0.354 e. The lowest BCUT2D eigenvalue weighted by atomic mass is 10.2. The van der Waals surface area contributed by atoms with Gasteiger partial charge in [0.2, 0.25) is 0 Å². The van der Waals surface area contributed by atoms with Gasteiger partial charge >= 0.3 is 11.9 Å². The summed E-state index contributed by atoms with van der Waals surface area (Å²) in [6.07, 6.45) is 2.34. The number of halogens is 2. The van der Waals surface area contributed by atoms with Gasteiger partial charge in [0.25, 0.3) is 0 Å². The van der Waals surface area contributed by atoms with Crippen molar-refractivity contribution in [2.45, 2.75) is 13.2 Å². The number of carbonyl (C=O) groups is 2. The van der Waals surface area contributed by atoms with Crippen LogP contribution in [0, 0.1) is 0 Å². The Hall–Kier alpha value is -2.26. The third-order valence-corrected chi connectivity index (χ3v) is 3.14. The molecule has 0 fully saturated rings. The van der Waals surface area contributed by atoms with E-state index in [1.807, 2.05) is 0 Å². The Labute approximate surface area is 167 Å². The van der Waals surface area contributed by atoms with Crippen LogP contribution in [0.4, 0.5) is 0 Å². The van der Waals surface area contributed by atoms with Crippen molar-refractivity contribution < 1.29 is 37.5 Å². The van der Waals surface area contributed by atoms with Crippen molar-refractivity contribution in [3.8, 4) is 0 Å². The molecule has 0 aliphatic carbocycles.